The molecule has 0 spiro atoms. The highest BCUT2D eigenvalue weighted by molar-refractivity contribution is 5.88. The molecule has 0 unspecified atom stereocenters. The predicted molar refractivity (Wildman–Crippen MR) is 59.1 cm³/mol. The smallest absolute Gasteiger partial charge is 0.259 e. The zero-order chi connectivity index (χ0) is 10.3. The van der Waals surface area contributed by atoms with Crippen LogP contribution in [0.25, 0.3) is 17.0 Å². The number of rotatable bonds is 0. The number of hydrogen-bond acceptors (Lipinski definition) is 2. The lowest BCUT2D eigenvalue weighted by Crippen LogP contribution is -2.14. The number of ether oxygens (including phenoxy) is 1. The number of pyridine rings is 1. The van der Waals surface area contributed by atoms with E-state index in [1.165, 1.54) is 0 Å². The normalized spacial score (nSPS) is 13.6. The van der Waals surface area contributed by atoms with Crippen molar-refractivity contribution >= 4 is 17.0 Å². The average molecular weight is 199 g/mol. The summed E-state index contributed by atoms with van der Waals surface area (Å²) in [6.45, 7) is 0.528. The first-order valence-corrected chi connectivity index (χ1v) is 4.80. The minimum absolute atomic E-state index is 0.0975. The Morgan fingerprint density at radius 1 is 1.27 bits per heavy atom. The summed E-state index contributed by atoms with van der Waals surface area (Å²) >= 11 is 0. The first kappa shape index (κ1) is 8.29. The number of para-hydroxylation sites is 1. The van der Waals surface area contributed by atoms with Gasteiger partial charge in [-0.2, -0.15) is 0 Å². The Morgan fingerprint density at radius 3 is 3.07 bits per heavy atom. The number of fused-ring (bicyclic) bond motifs is 3. The molecule has 1 aromatic heterocycles. The molecule has 1 aliphatic heterocycles. The maximum Gasteiger partial charge on any atom is 0.259 e. The van der Waals surface area contributed by atoms with Gasteiger partial charge >= 0.3 is 0 Å². The van der Waals surface area contributed by atoms with E-state index >= 15 is 0 Å². The van der Waals surface area contributed by atoms with Crippen molar-refractivity contribution in [3.8, 4) is 5.75 Å². The van der Waals surface area contributed by atoms with E-state index < -0.39 is 0 Å². The van der Waals surface area contributed by atoms with E-state index in [2.05, 4.69) is 4.98 Å². The summed E-state index contributed by atoms with van der Waals surface area (Å²) in [6.07, 6.45) is 3.65. The second-order valence-corrected chi connectivity index (χ2v) is 3.46. The van der Waals surface area contributed by atoms with Crippen molar-refractivity contribution < 1.29 is 4.74 Å². The summed E-state index contributed by atoms with van der Waals surface area (Å²) in [5.41, 5.74) is 1.33. The Labute approximate surface area is 86.0 Å². The Bertz CT molecular complexity index is 611. The van der Waals surface area contributed by atoms with Crippen molar-refractivity contribution in [2.75, 3.05) is 6.61 Å². The molecule has 74 valence electrons. The number of nitrogens with one attached hydrogen (secondary N) is 1. The van der Waals surface area contributed by atoms with Crippen molar-refractivity contribution in [1.82, 2.24) is 4.98 Å². The number of benzene rings is 1. The Hall–Kier alpha value is -2.03. The molecule has 0 atom stereocenters. The average Bonchev–Trinajstić information content (AvgIpc) is 2.30. The van der Waals surface area contributed by atoms with Crippen molar-refractivity contribution in [2.24, 2.45) is 0 Å². The minimum Gasteiger partial charge on any atom is -0.488 e. The fourth-order valence-corrected chi connectivity index (χ4v) is 1.83. The van der Waals surface area contributed by atoms with Crippen LogP contribution >= 0.6 is 0 Å². The molecular formula is C12H9NO2. The number of aromatic amines is 1. The van der Waals surface area contributed by atoms with Crippen LogP contribution in [0.3, 0.4) is 0 Å². The summed E-state index contributed by atoms with van der Waals surface area (Å²) in [5.74, 6) is 0.692. The quantitative estimate of drug-likeness (QED) is 0.704. The maximum atomic E-state index is 11.7. The largest absolute Gasteiger partial charge is 0.488 e. The van der Waals surface area contributed by atoms with Crippen molar-refractivity contribution in [2.45, 2.75) is 0 Å². The lowest BCUT2D eigenvalue weighted by atomic mass is 10.1. The maximum absolute atomic E-state index is 11.7. The third-order valence-corrected chi connectivity index (χ3v) is 2.52. The third-order valence-electron chi connectivity index (χ3n) is 2.52. The third kappa shape index (κ3) is 1.16. The first-order valence-electron chi connectivity index (χ1n) is 4.80. The van der Waals surface area contributed by atoms with Crippen LogP contribution in [-0.4, -0.2) is 11.6 Å². The van der Waals surface area contributed by atoms with Crippen molar-refractivity contribution in [3.63, 3.8) is 0 Å². The van der Waals surface area contributed by atoms with Gasteiger partial charge in [0.25, 0.3) is 5.56 Å². The molecule has 3 nitrogen and oxygen atoms in total. The molecule has 0 fully saturated rings. The zero-order valence-electron chi connectivity index (χ0n) is 7.99. The van der Waals surface area contributed by atoms with E-state index in [0.29, 0.717) is 17.9 Å². The highest BCUT2D eigenvalue weighted by atomic mass is 16.5. The summed E-state index contributed by atoms with van der Waals surface area (Å²) in [6, 6.07) is 7.65. The van der Waals surface area contributed by atoms with Crippen LogP contribution in [0.5, 0.6) is 5.75 Å². The molecule has 0 saturated heterocycles. The highest BCUT2D eigenvalue weighted by Crippen LogP contribution is 2.28. The molecule has 0 aliphatic carbocycles. The highest BCUT2D eigenvalue weighted by Gasteiger charge is 2.13. The molecule has 2 heterocycles. The first-order chi connectivity index (χ1) is 7.36. The topological polar surface area (TPSA) is 42.1 Å². The summed E-state index contributed by atoms with van der Waals surface area (Å²) in [7, 11) is 0. The van der Waals surface area contributed by atoms with Crippen LogP contribution in [0, 0.1) is 0 Å². The molecule has 1 aliphatic rings. The van der Waals surface area contributed by atoms with Crippen LogP contribution < -0.4 is 10.3 Å². The van der Waals surface area contributed by atoms with Crippen molar-refractivity contribution in [1.29, 1.82) is 0 Å². The monoisotopic (exact) mass is 199 g/mol. The molecule has 1 N–H and O–H groups in total. The van der Waals surface area contributed by atoms with Gasteiger partial charge in [-0.1, -0.05) is 12.1 Å². The van der Waals surface area contributed by atoms with Gasteiger partial charge in [0, 0.05) is 5.39 Å². The van der Waals surface area contributed by atoms with Crippen LogP contribution in [0.2, 0.25) is 0 Å². The standard InChI is InChI=1S/C12H9NO2/c14-12-9-5-3-7-15-11(9)8-4-1-2-6-10(8)13-12/h1-6H,7H2,(H,13,14). The molecule has 0 saturated carbocycles. The van der Waals surface area contributed by atoms with Crippen LogP contribution in [0.15, 0.2) is 35.1 Å². The fourth-order valence-electron chi connectivity index (χ4n) is 1.83. The lowest BCUT2D eigenvalue weighted by molar-refractivity contribution is 0.362. The molecule has 1 aromatic carbocycles. The SMILES string of the molecule is O=c1[nH]c2ccccc2c2c1C=CCO2. The molecule has 15 heavy (non-hydrogen) atoms. The van der Waals surface area contributed by atoms with Gasteiger partial charge in [-0.15, -0.1) is 0 Å². The minimum atomic E-state index is -0.0975. The molecule has 2 aromatic rings. The van der Waals surface area contributed by atoms with E-state index in [-0.39, 0.29) is 5.56 Å². The van der Waals surface area contributed by atoms with Crippen LogP contribution in [0.4, 0.5) is 0 Å². The van der Waals surface area contributed by atoms with E-state index in [9.17, 15) is 4.79 Å². The summed E-state index contributed by atoms with van der Waals surface area (Å²) < 4.78 is 5.51. The van der Waals surface area contributed by atoms with E-state index in [0.717, 1.165) is 10.9 Å². The van der Waals surface area contributed by atoms with Gasteiger partial charge in [-0.3, -0.25) is 4.79 Å². The summed E-state index contributed by atoms with van der Waals surface area (Å²) in [5, 5.41) is 0.955. The summed E-state index contributed by atoms with van der Waals surface area (Å²) in [4.78, 5) is 14.5. The molecule has 0 amide bonds. The van der Waals surface area contributed by atoms with Gasteiger partial charge in [-0.25, -0.2) is 0 Å². The van der Waals surface area contributed by atoms with E-state index in [1.54, 1.807) is 0 Å². The van der Waals surface area contributed by atoms with Gasteiger partial charge in [0.1, 0.15) is 12.4 Å². The van der Waals surface area contributed by atoms with E-state index in [4.69, 9.17) is 4.74 Å². The predicted octanol–water partition coefficient (Wildman–Crippen LogP) is 1.93. The van der Waals surface area contributed by atoms with Gasteiger partial charge in [0.05, 0.1) is 11.1 Å². The van der Waals surface area contributed by atoms with Crippen molar-refractivity contribution in [3.05, 3.63) is 46.3 Å². The second kappa shape index (κ2) is 2.98. The number of aromatic nitrogens is 1. The van der Waals surface area contributed by atoms with E-state index in [1.807, 2.05) is 36.4 Å². The molecule has 3 rings (SSSR count). The Morgan fingerprint density at radius 2 is 2.13 bits per heavy atom. The van der Waals surface area contributed by atoms with Gasteiger partial charge in [0.2, 0.25) is 0 Å². The number of H-pyrrole nitrogens is 1. The second-order valence-electron chi connectivity index (χ2n) is 3.46. The fraction of sp³-hybridized carbons (Fsp3) is 0.0833. The zero-order valence-corrected chi connectivity index (χ0v) is 7.99. The Balaban J connectivity index is 2.51. The Kier molecular flexibility index (Phi) is 1.65. The van der Waals surface area contributed by atoms with Crippen LogP contribution in [0.1, 0.15) is 5.56 Å². The number of hydrogen-bond donors (Lipinski definition) is 1. The van der Waals surface area contributed by atoms with Gasteiger partial charge in [0.15, 0.2) is 0 Å². The lowest BCUT2D eigenvalue weighted by Gasteiger charge is -2.13. The molecule has 0 radical (unpaired) electrons. The molecule has 0 bridgehead atoms. The molecular weight excluding hydrogens is 190 g/mol. The molecule has 3 heteroatoms. The van der Waals surface area contributed by atoms with Crippen LogP contribution in [-0.2, 0) is 0 Å². The van der Waals surface area contributed by atoms with Gasteiger partial charge < -0.3 is 9.72 Å². The van der Waals surface area contributed by atoms with Gasteiger partial charge in [-0.05, 0) is 24.3 Å².